The first kappa shape index (κ1) is 19.5. The molecular formula is C24H14Cl2N2. The summed E-state index contributed by atoms with van der Waals surface area (Å²) in [5.41, 5.74) is 4.05. The zero-order valence-corrected chi connectivity index (χ0v) is 16.2. The van der Waals surface area contributed by atoms with E-state index in [9.17, 15) is 10.5 Å². The largest absolute Gasteiger partial charge is 0.192 e. The molecule has 0 saturated carbocycles. The third-order valence-electron chi connectivity index (χ3n) is 4.16. The number of halogens is 2. The van der Waals surface area contributed by atoms with Crippen LogP contribution in [-0.4, -0.2) is 0 Å². The van der Waals surface area contributed by atoms with Crippen molar-refractivity contribution in [2.75, 3.05) is 0 Å². The van der Waals surface area contributed by atoms with Crippen molar-refractivity contribution in [3.05, 3.63) is 105 Å². The molecule has 0 aliphatic carbocycles. The molecule has 4 heteroatoms. The average Bonchev–Trinajstić information content (AvgIpc) is 2.73. The number of benzene rings is 3. The Balaban J connectivity index is 1.94. The second-order valence-corrected chi connectivity index (χ2v) is 6.77. The van der Waals surface area contributed by atoms with Crippen LogP contribution in [0.3, 0.4) is 0 Å². The first-order valence-electron chi connectivity index (χ1n) is 8.46. The summed E-state index contributed by atoms with van der Waals surface area (Å²) in [6.45, 7) is 0. The summed E-state index contributed by atoms with van der Waals surface area (Å²) in [5, 5.41) is 20.3. The summed E-state index contributed by atoms with van der Waals surface area (Å²) in [6.07, 6.45) is 3.50. The molecule has 134 valence electrons. The molecule has 0 fully saturated rings. The van der Waals surface area contributed by atoms with Crippen molar-refractivity contribution in [2.45, 2.75) is 0 Å². The van der Waals surface area contributed by atoms with Crippen LogP contribution in [-0.2, 0) is 0 Å². The molecular weight excluding hydrogens is 387 g/mol. The van der Waals surface area contributed by atoms with Gasteiger partial charge in [-0.15, -0.1) is 0 Å². The lowest BCUT2D eigenvalue weighted by Crippen LogP contribution is -1.87. The van der Waals surface area contributed by atoms with Gasteiger partial charge in [-0.1, -0.05) is 83.9 Å². The molecule has 0 N–H and O–H groups in total. The number of nitrogens with zero attached hydrogens (tertiary/aromatic N) is 2. The van der Waals surface area contributed by atoms with Crippen molar-refractivity contribution in [3.63, 3.8) is 0 Å². The van der Waals surface area contributed by atoms with Gasteiger partial charge in [0.25, 0.3) is 0 Å². The van der Waals surface area contributed by atoms with Crippen LogP contribution in [0.2, 0.25) is 10.0 Å². The van der Waals surface area contributed by atoms with Gasteiger partial charge in [0, 0.05) is 10.0 Å². The molecule has 0 aliphatic heterocycles. The van der Waals surface area contributed by atoms with Crippen LogP contribution in [0.5, 0.6) is 0 Å². The Bertz CT molecular complexity index is 1050. The third-order valence-corrected chi connectivity index (χ3v) is 4.85. The normalized spacial score (nSPS) is 11.6. The molecule has 28 heavy (non-hydrogen) atoms. The molecule has 3 aromatic carbocycles. The Hall–Kier alpha value is -3.30. The second-order valence-electron chi connectivity index (χ2n) is 5.96. The van der Waals surface area contributed by atoms with E-state index in [4.69, 9.17) is 23.2 Å². The van der Waals surface area contributed by atoms with Crippen molar-refractivity contribution in [1.29, 1.82) is 10.5 Å². The van der Waals surface area contributed by atoms with Crippen molar-refractivity contribution < 1.29 is 0 Å². The molecule has 0 bridgehead atoms. The Labute approximate surface area is 174 Å². The highest BCUT2D eigenvalue weighted by atomic mass is 35.5. The number of rotatable bonds is 4. The maximum Gasteiger partial charge on any atom is 0.0998 e. The minimum atomic E-state index is 0.494. The zero-order valence-electron chi connectivity index (χ0n) is 14.7. The van der Waals surface area contributed by atoms with Crippen molar-refractivity contribution in [2.24, 2.45) is 0 Å². The van der Waals surface area contributed by atoms with Crippen molar-refractivity contribution >= 4 is 46.5 Å². The van der Waals surface area contributed by atoms with E-state index in [1.165, 1.54) is 0 Å². The van der Waals surface area contributed by atoms with Gasteiger partial charge in [-0.2, -0.15) is 10.5 Å². The number of nitriles is 2. The first-order valence-corrected chi connectivity index (χ1v) is 9.21. The van der Waals surface area contributed by atoms with Gasteiger partial charge in [0.05, 0.1) is 23.3 Å². The van der Waals surface area contributed by atoms with Gasteiger partial charge in [0.15, 0.2) is 0 Å². The van der Waals surface area contributed by atoms with Gasteiger partial charge in [0.1, 0.15) is 0 Å². The topological polar surface area (TPSA) is 47.6 Å². The fourth-order valence-corrected chi connectivity index (χ4v) is 3.07. The second kappa shape index (κ2) is 9.07. The van der Waals surface area contributed by atoms with Crippen LogP contribution < -0.4 is 0 Å². The van der Waals surface area contributed by atoms with Crippen LogP contribution in [0.25, 0.3) is 23.3 Å². The molecule has 0 radical (unpaired) electrons. The number of hydrogen-bond acceptors (Lipinski definition) is 2. The summed E-state index contributed by atoms with van der Waals surface area (Å²) in [6, 6.07) is 26.4. The molecule has 2 nitrogen and oxygen atoms in total. The lowest BCUT2D eigenvalue weighted by Gasteiger charge is -2.05. The highest BCUT2D eigenvalue weighted by Gasteiger charge is 2.07. The van der Waals surface area contributed by atoms with E-state index in [1.54, 1.807) is 24.3 Å². The average molecular weight is 401 g/mol. The van der Waals surface area contributed by atoms with Crippen LogP contribution in [0, 0.1) is 22.7 Å². The van der Waals surface area contributed by atoms with Gasteiger partial charge in [-0.25, -0.2) is 0 Å². The van der Waals surface area contributed by atoms with E-state index >= 15 is 0 Å². The third kappa shape index (κ3) is 4.51. The summed E-state index contributed by atoms with van der Waals surface area (Å²) < 4.78 is 0. The Morgan fingerprint density at radius 1 is 0.607 bits per heavy atom. The lowest BCUT2D eigenvalue weighted by atomic mass is 9.99. The Kier molecular flexibility index (Phi) is 6.30. The quantitative estimate of drug-likeness (QED) is 0.345. The van der Waals surface area contributed by atoms with Crippen molar-refractivity contribution in [1.82, 2.24) is 0 Å². The minimum absolute atomic E-state index is 0.494. The SMILES string of the molecule is N#C/C(=C\c1ccccc1Cl)c1ccc(/C(C#N)=C/c2ccccc2Cl)cc1. The standard InChI is InChI=1S/C24H14Cl2N2/c25-23-7-3-1-5-19(23)13-21(15-27)17-9-11-18(12-10-17)22(16-28)14-20-6-2-4-8-24(20)26/h1-14H/b21-13+,22-14+. The smallest absolute Gasteiger partial charge is 0.0998 e. The molecule has 0 spiro atoms. The lowest BCUT2D eigenvalue weighted by molar-refractivity contribution is 1.50. The number of allylic oxidation sites excluding steroid dienone is 2. The van der Waals surface area contributed by atoms with Gasteiger partial charge < -0.3 is 0 Å². The summed E-state index contributed by atoms with van der Waals surface area (Å²) in [7, 11) is 0. The van der Waals surface area contributed by atoms with E-state index in [0.29, 0.717) is 21.2 Å². The highest BCUT2D eigenvalue weighted by molar-refractivity contribution is 6.32. The van der Waals surface area contributed by atoms with E-state index in [-0.39, 0.29) is 0 Å². The predicted octanol–water partition coefficient (Wildman–Crippen LogP) is 7.12. The van der Waals surface area contributed by atoms with Gasteiger partial charge in [-0.3, -0.25) is 0 Å². The van der Waals surface area contributed by atoms with E-state index in [2.05, 4.69) is 12.1 Å². The van der Waals surface area contributed by atoms with Gasteiger partial charge in [0.2, 0.25) is 0 Å². The predicted molar refractivity (Wildman–Crippen MR) is 116 cm³/mol. The minimum Gasteiger partial charge on any atom is -0.192 e. The molecule has 0 atom stereocenters. The maximum absolute atomic E-state index is 9.54. The molecule has 0 amide bonds. The van der Waals surface area contributed by atoms with Gasteiger partial charge in [-0.05, 0) is 46.5 Å². The molecule has 3 aromatic rings. The summed E-state index contributed by atoms with van der Waals surface area (Å²) in [5.74, 6) is 0. The van der Waals surface area contributed by atoms with Crippen LogP contribution in [0.1, 0.15) is 22.3 Å². The highest BCUT2D eigenvalue weighted by Crippen LogP contribution is 2.26. The molecule has 0 saturated heterocycles. The molecule has 0 unspecified atom stereocenters. The summed E-state index contributed by atoms with van der Waals surface area (Å²) in [4.78, 5) is 0. The molecule has 0 aliphatic rings. The van der Waals surface area contributed by atoms with Gasteiger partial charge >= 0.3 is 0 Å². The fraction of sp³-hybridized carbons (Fsp3) is 0. The Morgan fingerprint density at radius 3 is 1.29 bits per heavy atom. The van der Waals surface area contributed by atoms with Crippen LogP contribution >= 0.6 is 23.2 Å². The molecule has 0 heterocycles. The van der Waals surface area contributed by atoms with E-state index < -0.39 is 0 Å². The maximum atomic E-state index is 9.54. The summed E-state index contributed by atoms with van der Waals surface area (Å²) >= 11 is 12.4. The Morgan fingerprint density at radius 2 is 0.964 bits per heavy atom. The van der Waals surface area contributed by atoms with Crippen molar-refractivity contribution in [3.8, 4) is 12.1 Å². The van der Waals surface area contributed by atoms with E-state index in [1.807, 2.05) is 60.7 Å². The van der Waals surface area contributed by atoms with Crippen LogP contribution in [0.15, 0.2) is 72.8 Å². The van der Waals surface area contributed by atoms with E-state index in [0.717, 1.165) is 22.3 Å². The molecule has 3 rings (SSSR count). The first-order chi connectivity index (χ1) is 13.6. The fourth-order valence-electron chi connectivity index (χ4n) is 2.68. The zero-order chi connectivity index (χ0) is 19.9. The number of hydrogen-bond donors (Lipinski definition) is 0. The van der Waals surface area contributed by atoms with Crippen LogP contribution in [0.4, 0.5) is 0 Å². The molecule has 0 aromatic heterocycles. The monoisotopic (exact) mass is 400 g/mol.